The number of carbonyl (C=O) groups is 1. The molecule has 1 aliphatic rings. The van der Waals surface area contributed by atoms with E-state index in [-0.39, 0.29) is 12.1 Å². The second kappa shape index (κ2) is 11.1. The average Bonchev–Trinajstić information content (AvgIpc) is 3.51. The molecule has 1 aliphatic heterocycles. The molecule has 0 atom stereocenters. The Morgan fingerprint density at radius 2 is 2.03 bits per heavy atom. The zero-order valence-electron chi connectivity index (χ0n) is 20.7. The van der Waals surface area contributed by atoms with E-state index in [2.05, 4.69) is 53.7 Å². The van der Waals surface area contributed by atoms with Gasteiger partial charge in [-0.1, -0.05) is 19.6 Å². The smallest absolute Gasteiger partial charge is 0.326 e. The Balaban J connectivity index is 1.26. The lowest BCUT2D eigenvalue weighted by Gasteiger charge is -2.41. The highest BCUT2D eigenvalue weighted by molar-refractivity contribution is 5.78. The maximum Gasteiger partial charge on any atom is 0.326 e. The number of likely N-dealkylation sites (tertiary alicyclic amines) is 1. The first-order valence-corrected chi connectivity index (χ1v) is 12.1. The van der Waals surface area contributed by atoms with Crippen LogP contribution in [0.15, 0.2) is 73.5 Å². The van der Waals surface area contributed by atoms with Crippen LogP contribution in [0.3, 0.4) is 0 Å². The molecular formula is C27H34N6O2. The van der Waals surface area contributed by atoms with E-state index in [1.54, 1.807) is 18.7 Å². The van der Waals surface area contributed by atoms with Gasteiger partial charge in [0, 0.05) is 55.2 Å². The second-order valence-corrected chi connectivity index (χ2v) is 9.04. The molecule has 8 nitrogen and oxygen atoms in total. The molecule has 0 spiro atoms. The van der Waals surface area contributed by atoms with E-state index in [9.17, 15) is 4.79 Å². The van der Waals surface area contributed by atoms with Crippen molar-refractivity contribution in [3.8, 4) is 17.0 Å². The fourth-order valence-electron chi connectivity index (χ4n) is 4.17. The van der Waals surface area contributed by atoms with Crippen LogP contribution in [0.2, 0.25) is 0 Å². The highest BCUT2D eigenvalue weighted by atomic mass is 16.5. The predicted octanol–water partition coefficient (Wildman–Crippen LogP) is 4.88. The van der Waals surface area contributed by atoms with Crippen LogP contribution in [0.5, 0.6) is 5.75 Å². The average molecular weight is 475 g/mol. The van der Waals surface area contributed by atoms with Crippen molar-refractivity contribution in [2.75, 3.05) is 19.6 Å². The van der Waals surface area contributed by atoms with E-state index in [0.29, 0.717) is 19.1 Å². The molecule has 0 bridgehead atoms. The highest BCUT2D eigenvalue weighted by Crippen LogP contribution is 2.23. The van der Waals surface area contributed by atoms with Gasteiger partial charge in [0.15, 0.2) is 0 Å². The topological polar surface area (TPSA) is 77.2 Å². The summed E-state index contributed by atoms with van der Waals surface area (Å²) in [6, 6.07) is 9.81. The molecule has 1 fully saturated rings. The van der Waals surface area contributed by atoms with Gasteiger partial charge in [-0.25, -0.2) is 9.78 Å². The molecule has 0 aliphatic carbocycles. The maximum absolute atomic E-state index is 12.6. The number of rotatable bonds is 10. The fraction of sp³-hybridized carbons (Fsp3) is 0.370. The lowest BCUT2D eigenvalue weighted by Crippen LogP contribution is -2.50. The van der Waals surface area contributed by atoms with Gasteiger partial charge in [0.25, 0.3) is 0 Å². The monoisotopic (exact) mass is 474 g/mol. The summed E-state index contributed by atoms with van der Waals surface area (Å²) in [6.45, 7) is 13.1. The summed E-state index contributed by atoms with van der Waals surface area (Å²) in [7, 11) is 0. The molecule has 184 valence electrons. The van der Waals surface area contributed by atoms with E-state index < -0.39 is 0 Å². The van der Waals surface area contributed by atoms with Gasteiger partial charge in [-0.2, -0.15) is 5.10 Å². The van der Waals surface area contributed by atoms with Crippen molar-refractivity contribution in [2.45, 2.75) is 39.8 Å². The van der Waals surface area contributed by atoms with Gasteiger partial charge in [-0.3, -0.25) is 9.25 Å². The standard InChI is InChI=1S/C27H34N6O2/c1-5-7-23(6-2)31-15-21(16-31)14-28-27(34)32-17-26(29-19-32)22-8-10-25(11-9-22)35-18-24-12-13-30-33(24)20(3)4/h6-13,17,19-21H,2,5,14-16,18H2,1,3-4H3,(H,28,34)/b23-7+. The number of carbonyl (C=O) groups excluding carboxylic acids is 1. The number of benzene rings is 1. The minimum atomic E-state index is -0.169. The zero-order valence-corrected chi connectivity index (χ0v) is 20.7. The zero-order chi connectivity index (χ0) is 24.8. The Hall–Kier alpha value is -3.81. The lowest BCUT2D eigenvalue weighted by atomic mass is 9.99. The number of imidazole rings is 1. The minimum absolute atomic E-state index is 0.169. The third-order valence-corrected chi connectivity index (χ3v) is 6.08. The van der Waals surface area contributed by atoms with Crippen LogP contribution in [0.25, 0.3) is 11.3 Å². The molecule has 1 saturated heterocycles. The van der Waals surface area contributed by atoms with Gasteiger partial charge >= 0.3 is 6.03 Å². The number of ether oxygens (including phenoxy) is 1. The summed E-state index contributed by atoms with van der Waals surface area (Å²) in [5.74, 6) is 1.21. The van der Waals surface area contributed by atoms with Crippen molar-refractivity contribution < 1.29 is 9.53 Å². The van der Waals surface area contributed by atoms with E-state index >= 15 is 0 Å². The van der Waals surface area contributed by atoms with Crippen LogP contribution >= 0.6 is 0 Å². The largest absolute Gasteiger partial charge is 0.487 e. The Labute approximate surface area is 206 Å². The predicted molar refractivity (Wildman–Crippen MR) is 137 cm³/mol. The quantitative estimate of drug-likeness (QED) is 0.424. The first-order chi connectivity index (χ1) is 17.0. The van der Waals surface area contributed by atoms with Gasteiger partial charge < -0.3 is 15.0 Å². The molecule has 35 heavy (non-hydrogen) atoms. The van der Waals surface area contributed by atoms with Crippen LogP contribution in [0, 0.1) is 5.92 Å². The Morgan fingerprint density at radius 1 is 1.26 bits per heavy atom. The molecule has 3 aromatic rings. The summed E-state index contributed by atoms with van der Waals surface area (Å²) in [4.78, 5) is 19.3. The summed E-state index contributed by atoms with van der Waals surface area (Å²) in [5.41, 5.74) is 3.86. The van der Waals surface area contributed by atoms with E-state index in [1.165, 1.54) is 10.3 Å². The summed E-state index contributed by atoms with van der Waals surface area (Å²) in [5, 5.41) is 7.35. The van der Waals surface area contributed by atoms with Gasteiger partial charge in [0.2, 0.25) is 0 Å². The number of hydrogen-bond acceptors (Lipinski definition) is 5. The number of aromatic nitrogens is 4. The lowest BCUT2D eigenvalue weighted by molar-refractivity contribution is 0.146. The minimum Gasteiger partial charge on any atom is -0.487 e. The van der Waals surface area contributed by atoms with Gasteiger partial charge in [0.1, 0.15) is 18.7 Å². The molecule has 0 unspecified atom stereocenters. The van der Waals surface area contributed by atoms with Crippen molar-refractivity contribution in [3.63, 3.8) is 0 Å². The van der Waals surface area contributed by atoms with Crippen LogP contribution in [-0.2, 0) is 6.61 Å². The summed E-state index contributed by atoms with van der Waals surface area (Å²) >= 11 is 0. The molecule has 0 radical (unpaired) electrons. The molecule has 0 saturated carbocycles. The molecule has 2 aromatic heterocycles. The van der Waals surface area contributed by atoms with Crippen LogP contribution in [-0.4, -0.2) is 49.9 Å². The SMILES string of the molecule is C=C/C(=C\CC)N1CC(CNC(=O)n2cnc(-c3ccc(OCc4ccnn4C(C)C)cc3)c2)C1. The maximum atomic E-state index is 12.6. The third kappa shape index (κ3) is 5.82. The van der Waals surface area contributed by atoms with E-state index in [1.807, 2.05) is 41.1 Å². The van der Waals surface area contributed by atoms with Gasteiger partial charge in [0.05, 0.1) is 11.4 Å². The Kier molecular flexibility index (Phi) is 7.70. The summed E-state index contributed by atoms with van der Waals surface area (Å²) in [6.07, 6.45) is 10.2. The normalized spacial score (nSPS) is 14.2. The van der Waals surface area contributed by atoms with Gasteiger partial charge in [-0.05, 0) is 56.7 Å². The van der Waals surface area contributed by atoms with Crippen molar-refractivity contribution in [2.24, 2.45) is 5.92 Å². The van der Waals surface area contributed by atoms with Crippen molar-refractivity contribution in [3.05, 3.63) is 79.2 Å². The third-order valence-electron chi connectivity index (χ3n) is 6.08. The number of nitrogens with one attached hydrogen (secondary N) is 1. The first kappa shape index (κ1) is 24.3. The molecule has 1 aromatic carbocycles. The molecule has 3 heterocycles. The molecular weight excluding hydrogens is 440 g/mol. The van der Waals surface area contributed by atoms with Crippen LogP contribution < -0.4 is 10.1 Å². The number of allylic oxidation sites excluding steroid dienone is 2. The number of hydrogen-bond donors (Lipinski definition) is 1. The van der Waals surface area contributed by atoms with E-state index in [0.717, 1.165) is 42.2 Å². The number of amides is 1. The van der Waals surface area contributed by atoms with Crippen LogP contribution in [0.1, 0.15) is 38.9 Å². The molecule has 1 amide bonds. The fourth-order valence-corrected chi connectivity index (χ4v) is 4.17. The molecule has 8 heteroatoms. The van der Waals surface area contributed by atoms with Crippen molar-refractivity contribution in [1.82, 2.24) is 29.5 Å². The molecule has 4 rings (SSSR count). The van der Waals surface area contributed by atoms with Crippen molar-refractivity contribution >= 4 is 6.03 Å². The Bertz CT molecular complexity index is 1170. The first-order valence-electron chi connectivity index (χ1n) is 12.1. The van der Waals surface area contributed by atoms with Crippen LogP contribution in [0.4, 0.5) is 4.79 Å². The van der Waals surface area contributed by atoms with Gasteiger partial charge in [-0.15, -0.1) is 0 Å². The summed E-state index contributed by atoms with van der Waals surface area (Å²) < 4.78 is 9.37. The highest BCUT2D eigenvalue weighted by Gasteiger charge is 2.27. The van der Waals surface area contributed by atoms with Crippen molar-refractivity contribution in [1.29, 1.82) is 0 Å². The number of nitrogens with zero attached hydrogens (tertiary/aromatic N) is 5. The Morgan fingerprint density at radius 3 is 2.71 bits per heavy atom. The molecule has 1 N–H and O–H groups in total. The van der Waals surface area contributed by atoms with E-state index in [4.69, 9.17) is 4.74 Å². The second-order valence-electron chi connectivity index (χ2n) is 9.04.